The van der Waals surface area contributed by atoms with Crippen LogP contribution >= 0.6 is 0 Å². The summed E-state index contributed by atoms with van der Waals surface area (Å²) in [6, 6.07) is 9.06. The molecule has 0 saturated carbocycles. The van der Waals surface area contributed by atoms with E-state index in [-0.39, 0.29) is 12.5 Å². The quantitative estimate of drug-likeness (QED) is 0.872. The predicted octanol–water partition coefficient (Wildman–Crippen LogP) is 1.09. The largest absolute Gasteiger partial charge is 0.481 e. The second-order valence-corrected chi connectivity index (χ2v) is 6.75. The Balaban J connectivity index is 1.86. The first kappa shape index (κ1) is 17.1. The summed E-state index contributed by atoms with van der Waals surface area (Å²) in [7, 11) is 0. The Morgan fingerprint density at radius 1 is 1.32 bits per heavy atom. The van der Waals surface area contributed by atoms with E-state index in [1.165, 1.54) is 4.68 Å². The SMILES string of the molecule is Cc1nnnn1C(Cc1ccccc1)C(=O)N1CCC(C)(C(=O)O)C1. The maximum Gasteiger partial charge on any atom is 0.311 e. The van der Waals surface area contributed by atoms with E-state index in [1.807, 2.05) is 30.3 Å². The average molecular weight is 343 g/mol. The molecule has 2 atom stereocenters. The van der Waals surface area contributed by atoms with E-state index in [0.29, 0.717) is 25.2 Å². The smallest absolute Gasteiger partial charge is 0.311 e. The first-order valence-electron chi connectivity index (χ1n) is 8.21. The van der Waals surface area contributed by atoms with Gasteiger partial charge in [-0.25, -0.2) is 4.68 Å². The van der Waals surface area contributed by atoms with E-state index in [4.69, 9.17) is 0 Å². The lowest BCUT2D eigenvalue weighted by Gasteiger charge is -2.25. The van der Waals surface area contributed by atoms with Gasteiger partial charge in [0.1, 0.15) is 11.9 Å². The molecule has 132 valence electrons. The van der Waals surface area contributed by atoms with Crippen molar-refractivity contribution in [3.63, 3.8) is 0 Å². The highest BCUT2D eigenvalue weighted by molar-refractivity contribution is 5.83. The maximum absolute atomic E-state index is 13.1. The Morgan fingerprint density at radius 3 is 2.60 bits per heavy atom. The number of carbonyl (C=O) groups excluding carboxylic acids is 1. The van der Waals surface area contributed by atoms with Crippen molar-refractivity contribution in [2.45, 2.75) is 32.7 Å². The van der Waals surface area contributed by atoms with Crippen molar-refractivity contribution >= 4 is 11.9 Å². The van der Waals surface area contributed by atoms with Crippen LogP contribution in [-0.2, 0) is 16.0 Å². The number of tetrazole rings is 1. The van der Waals surface area contributed by atoms with Crippen LogP contribution in [0, 0.1) is 12.3 Å². The van der Waals surface area contributed by atoms with Gasteiger partial charge in [0.05, 0.1) is 5.41 Å². The number of benzene rings is 1. The Morgan fingerprint density at radius 2 is 2.04 bits per heavy atom. The molecule has 1 aromatic carbocycles. The normalized spacial score (nSPS) is 21.3. The molecule has 1 aliphatic heterocycles. The second kappa shape index (κ2) is 6.62. The highest BCUT2D eigenvalue weighted by Crippen LogP contribution is 2.32. The van der Waals surface area contributed by atoms with Crippen molar-refractivity contribution in [1.29, 1.82) is 0 Å². The third-order valence-electron chi connectivity index (χ3n) is 4.81. The molecule has 1 N–H and O–H groups in total. The molecule has 8 heteroatoms. The van der Waals surface area contributed by atoms with Crippen molar-refractivity contribution in [3.05, 3.63) is 41.7 Å². The number of hydrogen-bond donors (Lipinski definition) is 1. The van der Waals surface area contributed by atoms with Crippen molar-refractivity contribution in [3.8, 4) is 0 Å². The van der Waals surface area contributed by atoms with E-state index < -0.39 is 17.4 Å². The zero-order valence-corrected chi connectivity index (χ0v) is 14.3. The first-order valence-corrected chi connectivity index (χ1v) is 8.21. The summed E-state index contributed by atoms with van der Waals surface area (Å²) >= 11 is 0. The van der Waals surface area contributed by atoms with E-state index >= 15 is 0 Å². The number of hydrogen-bond acceptors (Lipinski definition) is 5. The second-order valence-electron chi connectivity index (χ2n) is 6.75. The van der Waals surface area contributed by atoms with E-state index in [2.05, 4.69) is 15.5 Å². The Labute approximate surface area is 145 Å². The van der Waals surface area contributed by atoms with Gasteiger partial charge in [0.25, 0.3) is 0 Å². The van der Waals surface area contributed by atoms with E-state index in [1.54, 1.807) is 18.7 Å². The van der Waals surface area contributed by atoms with Crippen LogP contribution in [0.25, 0.3) is 0 Å². The fraction of sp³-hybridized carbons (Fsp3) is 0.471. The van der Waals surface area contributed by atoms with Crippen LogP contribution in [0.15, 0.2) is 30.3 Å². The Hall–Kier alpha value is -2.77. The van der Waals surface area contributed by atoms with Crippen LogP contribution in [0.2, 0.25) is 0 Å². The molecule has 0 bridgehead atoms. The molecule has 0 aliphatic carbocycles. The molecular formula is C17H21N5O3. The van der Waals surface area contributed by atoms with Crippen molar-refractivity contribution in [2.75, 3.05) is 13.1 Å². The number of rotatable bonds is 5. The van der Waals surface area contributed by atoms with Gasteiger partial charge in [-0.3, -0.25) is 9.59 Å². The molecule has 1 fully saturated rings. The third-order valence-corrected chi connectivity index (χ3v) is 4.81. The lowest BCUT2D eigenvalue weighted by atomic mass is 9.90. The number of aliphatic carboxylic acids is 1. The number of carbonyl (C=O) groups is 2. The number of amides is 1. The average Bonchev–Trinajstić information content (AvgIpc) is 3.20. The van der Waals surface area contributed by atoms with Gasteiger partial charge in [-0.05, 0) is 36.3 Å². The molecule has 0 spiro atoms. The third kappa shape index (κ3) is 3.38. The van der Waals surface area contributed by atoms with Crippen LogP contribution in [0.5, 0.6) is 0 Å². The van der Waals surface area contributed by atoms with E-state index in [0.717, 1.165) is 5.56 Å². The molecule has 1 aromatic heterocycles. The highest BCUT2D eigenvalue weighted by atomic mass is 16.4. The summed E-state index contributed by atoms with van der Waals surface area (Å²) in [6.07, 6.45) is 0.895. The van der Waals surface area contributed by atoms with E-state index in [9.17, 15) is 14.7 Å². The summed E-state index contributed by atoms with van der Waals surface area (Å²) in [4.78, 5) is 26.2. The molecule has 25 heavy (non-hydrogen) atoms. The van der Waals surface area contributed by atoms with Gasteiger partial charge in [-0.2, -0.15) is 0 Å². The van der Waals surface area contributed by atoms with Gasteiger partial charge in [0.15, 0.2) is 0 Å². The highest BCUT2D eigenvalue weighted by Gasteiger charge is 2.44. The monoisotopic (exact) mass is 343 g/mol. The fourth-order valence-corrected chi connectivity index (χ4v) is 3.18. The molecule has 2 heterocycles. The standard InChI is InChI=1S/C17H21N5O3/c1-12-18-19-20-22(12)14(10-13-6-4-3-5-7-13)15(23)21-9-8-17(2,11-21)16(24)25/h3-7,14H,8-11H2,1-2H3,(H,24,25). The van der Waals surface area contributed by atoms with Gasteiger partial charge in [0, 0.05) is 19.5 Å². The van der Waals surface area contributed by atoms with Crippen molar-refractivity contribution in [2.24, 2.45) is 5.41 Å². The fourth-order valence-electron chi connectivity index (χ4n) is 3.18. The molecular weight excluding hydrogens is 322 g/mol. The van der Waals surface area contributed by atoms with Crippen LogP contribution in [0.1, 0.15) is 30.8 Å². The maximum atomic E-state index is 13.1. The lowest BCUT2D eigenvalue weighted by Crippen LogP contribution is -2.40. The summed E-state index contributed by atoms with van der Waals surface area (Å²) < 4.78 is 1.52. The summed E-state index contributed by atoms with van der Waals surface area (Å²) in [5.74, 6) is -0.472. The summed E-state index contributed by atoms with van der Waals surface area (Å²) in [5.41, 5.74) is 0.0961. The van der Waals surface area contributed by atoms with Crippen LogP contribution in [-0.4, -0.2) is 55.2 Å². The Kier molecular flexibility index (Phi) is 4.52. The summed E-state index contributed by atoms with van der Waals surface area (Å²) in [5, 5.41) is 20.9. The van der Waals surface area contributed by atoms with Crippen molar-refractivity contribution < 1.29 is 14.7 Å². The zero-order chi connectivity index (χ0) is 18.0. The van der Waals surface area contributed by atoms with Crippen LogP contribution in [0.3, 0.4) is 0 Å². The molecule has 0 radical (unpaired) electrons. The molecule has 3 rings (SSSR count). The van der Waals surface area contributed by atoms with Crippen LogP contribution in [0.4, 0.5) is 0 Å². The van der Waals surface area contributed by atoms with Crippen molar-refractivity contribution in [1.82, 2.24) is 25.1 Å². The minimum absolute atomic E-state index is 0.149. The number of aromatic nitrogens is 4. The minimum atomic E-state index is -0.900. The zero-order valence-electron chi connectivity index (χ0n) is 14.3. The number of aryl methyl sites for hydroxylation is 1. The van der Waals surface area contributed by atoms with Gasteiger partial charge in [-0.15, -0.1) is 5.10 Å². The lowest BCUT2D eigenvalue weighted by molar-refractivity contribution is -0.147. The molecule has 1 aliphatic rings. The topological polar surface area (TPSA) is 101 Å². The van der Waals surface area contributed by atoms with Gasteiger partial charge < -0.3 is 10.0 Å². The van der Waals surface area contributed by atoms with Crippen LogP contribution < -0.4 is 0 Å². The first-order chi connectivity index (χ1) is 11.9. The Bertz CT molecular complexity index is 776. The molecule has 2 aromatic rings. The number of likely N-dealkylation sites (tertiary alicyclic amines) is 1. The molecule has 2 unspecified atom stereocenters. The molecule has 1 amide bonds. The summed E-state index contributed by atoms with van der Waals surface area (Å²) in [6.45, 7) is 4.05. The number of carboxylic acids is 1. The molecule has 8 nitrogen and oxygen atoms in total. The molecule has 1 saturated heterocycles. The van der Waals surface area contributed by atoms with Gasteiger partial charge in [-0.1, -0.05) is 30.3 Å². The predicted molar refractivity (Wildman–Crippen MR) is 88.7 cm³/mol. The number of nitrogens with zero attached hydrogens (tertiary/aromatic N) is 5. The van der Waals surface area contributed by atoms with Gasteiger partial charge >= 0.3 is 5.97 Å². The van der Waals surface area contributed by atoms with Gasteiger partial charge in [0.2, 0.25) is 5.91 Å². The number of carboxylic acid groups (broad SMARTS) is 1. The minimum Gasteiger partial charge on any atom is -0.481 e.